The summed E-state index contributed by atoms with van der Waals surface area (Å²) in [6, 6.07) is 0. The van der Waals surface area contributed by atoms with Crippen LogP contribution in [0.4, 0.5) is 0 Å². The van der Waals surface area contributed by atoms with Gasteiger partial charge in [0.25, 0.3) is 0 Å². The molecule has 1 saturated heterocycles. The Morgan fingerprint density at radius 3 is 2.67 bits per heavy atom. The summed E-state index contributed by atoms with van der Waals surface area (Å²) in [7, 11) is 0. The number of nitrogens with one attached hydrogen (secondary N) is 1. The van der Waals surface area contributed by atoms with Crippen LogP contribution in [0.25, 0.3) is 0 Å². The molecular formula is C12H24N2O. The van der Waals surface area contributed by atoms with E-state index in [-0.39, 0.29) is 5.91 Å². The van der Waals surface area contributed by atoms with Gasteiger partial charge in [-0.15, -0.1) is 0 Å². The molecule has 1 N–H and O–H groups in total. The Morgan fingerprint density at radius 1 is 1.27 bits per heavy atom. The van der Waals surface area contributed by atoms with Gasteiger partial charge in [-0.2, -0.15) is 0 Å². The molecule has 0 saturated carbocycles. The maximum atomic E-state index is 11.2. The quantitative estimate of drug-likeness (QED) is 0.681. The lowest BCUT2D eigenvalue weighted by Crippen LogP contribution is -2.33. The highest BCUT2D eigenvalue weighted by molar-refractivity contribution is 5.75. The molecule has 1 aliphatic heterocycles. The van der Waals surface area contributed by atoms with Crippen molar-refractivity contribution in [3.05, 3.63) is 0 Å². The Hall–Kier alpha value is -0.570. The molecule has 88 valence electrons. The lowest BCUT2D eigenvalue weighted by atomic mass is 10.1. The van der Waals surface area contributed by atoms with Crippen LogP contribution in [-0.4, -0.2) is 37.0 Å². The molecule has 0 bridgehead atoms. The molecule has 3 heteroatoms. The second-order valence-corrected chi connectivity index (χ2v) is 4.36. The summed E-state index contributed by atoms with van der Waals surface area (Å²) in [5, 5.41) is 2.96. The van der Waals surface area contributed by atoms with E-state index in [1.54, 1.807) is 0 Å². The van der Waals surface area contributed by atoms with E-state index in [4.69, 9.17) is 0 Å². The van der Waals surface area contributed by atoms with Crippen LogP contribution in [0.2, 0.25) is 0 Å². The van der Waals surface area contributed by atoms with Crippen molar-refractivity contribution < 1.29 is 4.79 Å². The van der Waals surface area contributed by atoms with Crippen LogP contribution < -0.4 is 5.32 Å². The van der Waals surface area contributed by atoms with E-state index in [1.165, 1.54) is 32.4 Å². The van der Waals surface area contributed by atoms with Crippen molar-refractivity contribution in [2.75, 3.05) is 26.2 Å². The zero-order valence-electron chi connectivity index (χ0n) is 9.93. The highest BCUT2D eigenvalue weighted by Gasteiger charge is 2.08. The number of rotatable bonds is 6. The molecule has 3 nitrogen and oxygen atoms in total. The number of carbonyl (C=O) groups excluding carboxylic acids is 1. The minimum atomic E-state index is 0.205. The molecule has 0 aromatic heterocycles. The Balaban J connectivity index is 1.93. The molecule has 0 unspecified atom stereocenters. The first-order valence-electron chi connectivity index (χ1n) is 6.32. The monoisotopic (exact) mass is 212 g/mol. The average Bonchev–Trinajstić information content (AvgIpc) is 2.26. The number of hydrogen-bond acceptors (Lipinski definition) is 2. The van der Waals surface area contributed by atoms with Crippen molar-refractivity contribution in [1.82, 2.24) is 10.2 Å². The third-order valence-corrected chi connectivity index (χ3v) is 2.90. The first kappa shape index (κ1) is 12.5. The van der Waals surface area contributed by atoms with Gasteiger partial charge in [0, 0.05) is 13.0 Å². The first-order chi connectivity index (χ1) is 7.33. The molecule has 0 spiro atoms. The van der Waals surface area contributed by atoms with Gasteiger partial charge < -0.3 is 10.2 Å². The number of hydrogen-bond donors (Lipinski definition) is 1. The van der Waals surface area contributed by atoms with Gasteiger partial charge in [-0.1, -0.05) is 13.3 Å². The normalized spacial score (nSPS) is 17.7. The average molecular weight is 212 g/mol. The molecule has 15 heavy (non-hydrogen) atoms. The van der Waals surface area contributed by atoms with E-state index in [1.807, 2.05) is 6.92 Å². The van der Waals surface area contributed by atoms with Gasteiger partial charge in [-0.3, -0.25) is 4.79 Å². The number of nitrogens with zero attached hydrogens (tertiary/aromatic N) is 1. The maximum Gasteiger partial charge on any atom is 0.219 e. The van der Waals surface area contributed by atoms with Crippen LogP contribution in [0, 0.1) is 0 Å². The van der Waals surface area contributed by atoms with Crippen molar-refractivity contribution in [2.24, 2.45) is 0 Å². The SMILES string of the molecule is CCCC(=O)NCCCN1CCCCC1. The minimum absolute atomic E-state index is 0.205. The van der Waals surface area contributed by atoms with Crippen LogP contribution in [-0.2, 0) is 4.79 Å². The van der Waals surface area contributed by atoms with E-state index >= 15 is 0 Å². The number of piperidine rings is 1. The molecule has 1 rings (SSSR count). The fraction of sp³-hybridized carbons (Fsp3) is 0.917. The molecule has 0 radical (unpaired) electrons. The zero-order chi connectivity index (χ0) is 10.9. The van der Waals surface area contributed by atoms with Crippen molar-refractivity contribution >= 4 is 5.91 Å². The van der Waals surface area contributed by atoms with Crippen LogP contribution in [0.15, 0.2) is 0 Å². The summed E-state index contributed by atoms with van der Waals surface area (Å²) < 4.78 is 0. The van der Waals surface area contributed by atoms with Crippen LogP contribution in [0.1, 0.15) is 45.4 Å². The molecule has 1 amide bonds. The van der Waals surface area contributed by atoms with Gasteiger partial charge in [-0.25, -0.2) is 0 Å². The summed E-state index contributed by atoms with van der Waals surface area (Å²) in [4.78, 5) is 13.7. The van der Waals surface area contributed by atoms with Crippen molar-refractivity contribution in [3.63, 3.8) is 0 Å². The van der Waals surface area contributed by atoms with E-state index in [2.05, 4.69) is 10.2 Å². The fourth-order valence-electron chi connectivity index (χ4n) is 2.03. The molecule has 0 atom stereocenters. The van der Waals surface area contributed by atoms with Crippen molar-refractivity contribution in [1.29, 1.82) is 0 Å². The Morgan fingerprint density at radius 2 is 2.00 bits per heavy atom. The van der Waals surface area contributed by atoms with E-state index in [0.29, 0.717) is 6.42 Å². The molecule has 1 fully saturated rings. The van der Waals surface area contributed by atoms with Crippen LogP contribution in [0.5, 0.6) is 0 Å². The third kappa shape index (κ3) is 5.78. The van der Waals surface area contributed by atoms with Gasteiger partial charge >= 0.3 is 0 Å². The third-order valence-electron chi connectivity index (χ3n) is 2.90. The van der Waals surface area contributed by atoms with Gasteiger partial charge in [0.2, 0.25) is 5.91 Å². The molecular weight excluding hydrogens is 188 g/mol. The largest absolute Gasteiger partial charge is 0.356 e. The second kappa shape index (κ2) is 7.69. The predicted octanol–water partition coefficient (Wildman–Crippen LogP) is 1.78. The zero-order valence-corrected chi connectivity index (χ0v) is 9.93. The molecule has 0 aromatic carbocycles. The summed E-state index contributed by atoms with van der Waals surface area (Å²) >= 11 is 0. The molecule has 0 aliphatic carbocycles. The predicted molar refractivity (Wildman–Crippen MR) is 62.8 cm³/mol. The van der Waals surface area contributed by atoms with Gasteiger partial charge in [-0.05, 0) is 45.3 Å². The maximum absolute atomic E-state index is 11.2. The highest BCUT2D eigenvalue weighted by atomic mass is 16.1. The van der Waals surface area contributed by atoms with E-state index in [9.17, 15) is 4.79 Å². The summed E-state index contributed by atoms with van der Waals surface area (Å²) in [5.74, 6) is 0.205. The molecule has 1 aliphatic rings. The van der Waals surface area contributed by atoms with E-state index in [0.717, 1.165) is 25.9 Å². The summed E-state index contributed by atoms with van der Waals surface area (Å²) in [6.07, 6.45) is 6.80. The first-order valence-corrected chi connectivity index (χ1v) is 6.32. The highest BCUT2D eigenvalue weighted by Crippen LogP contribution is 2.08. The standard InChI is InChI=1S/C12H24N2O/c1-2-7-12(15)13-8-6-11-14-9-4-3-5-10-14/h2-11H2,1H3,(H,13,15). The summed E-state index contributed by atoms with van der Waals surface area (Å²) in [5.41, 5.74) is 0. The minimum Gasteiger partial charge on any atom is -0.356 e. The van der Waals surface area contributed by atoms with Gasteiger partial charge in [0.05, 0.1) is 0 Å². The fourth-order valence-corrected chi connectivity index (χ4v) is 2.03. The number of amides is 1. The lowest BCUT2D eigenvalue weighted by Gasteiger charge is -2.26. The van der Waals surface area contributed by atoms with Crippen molar-refractivity contribution in [2.45, 2.75) is 45.4 Å². The Kier molecular flexibility index (Phi) is 6.41. The smallest absolute Gasteiger partial charge is 0.219 e. The number of carbonyl (C=O) groups is 1. The molecule has 0 aromatic rings. The molecule has 1 heterocycles. The second-order valence-electron chi connectivity index (χ2n) is 4.36. The van der Waals surface area contributed by atoms with Crippen molar-refractivity contribution in [3.8, 4) is 0 Å². The topological polar surface area (TPSA) is 32.3 Å². The van der Waals surface area contributed by atoms with Crippen LogP contribution >= 0.6 is 0 Å². The number of likely N-dealkylation sites (tertiary alicyclic amines) is 1. The van der Waals surface area contributed by atoms with Gasteiger partial charge in [0.15, 0.2) is 0 Å². The lowest BCUT2D eigenvalue weighted by molar-refractivity contribution is -0.121. The van der Waals surface area contributed by atoms with Crippen LogP contribution in [0.3, 0.4) is 0 Å². The van der Waals surface area contributed by atoms with Gasteiger partial charge in [0.1, 0.15) is 0 Å². The Bertz CT molecular complexity index is 176. The Labute approximate surface area is 93.2 Å². The summed E-state index contributed by atoms with van der Waals surface area (Å²) in [6.45, 7) is 6.53. The van der Waals surface area contributed by atoms with E-state index < -0.39 is 0 Å².